The lowest BCUT2D eigenvalue weighted by Gasteiger charge is -2.34. The van der Waals surface area contributed by atoms with Crippen molar-refractivity contribution in [2.24, 2.45) is 0 Å². The first-order valence-corrected chi connectivity index (χ1v) is 10.2. The van der Waals surface area contributed by atoms with Gasteiger partial charge in [0.15, 0.2) is 6.10 Å². The fraction of sp³-hybridized carbons (Fsp3) is 0.316. The third kappa shape index (κ3) is 3.99. The van der Waals surface area contributed by atoms with E-state index in [1.54, 1.807) is 48.5 Å². The van der Waals surface area contributed by atoms with Crippen molar-refractivity contribution in [1.29, 1.82) is 0 Å². The minimum Gasteiger partial charge on any atom is -0.476 e. The number of hydrogen-bond donors (Lipinski definition) is 1. The smallest absolute Gasteiger partial charge is 0.263 e. The molecule has 26 heavy (non-hydrogen) atoms. The molecule has 3 rings (SSSR count). The lowest BCUT2D eigenvalue weighted by molar-refractivity contribution is -0.127. The molecule has 7 heteroatoms. The van der Waals surface area contributed by atoms with Gasteiger partial charge in [0, 0.05) is 6.54 Å². The lowest BCUT2D eigenvalue weighted by Crippen LogP contribution is -2.51. The molecule has 138 valence electrons. The third-order valence-electron chi connectivity index (χ3n) is 4.10. The monoisotopic (exact) mass is 374 g/mol. The molecule has 1 aliphatic rings. The van der Waals surface area contributed by atoms with Crippen LogP contribution in [0.2, 0.25) is 0 Å². The Morgan fingerprint density at radius 1 is 1.15 bits per heavy atom. The Morgan fingerprint density at radius 3 is 2.58 bits per heavy atom. The van der Waals surface area contributed by atoms with Crippen LogP contribution in [0.1, 0.15) is 18.9 Å². The van der Waals surface area contributed by atoms with Crippen LogP contribution in [-0.4, -0.2) is 33.5 Å². The largest absolute Gasteiger partial charge is 0.476 e. The molecule has 0 fully saturated rings. The highest BCUT2D eigenvalue weighted by Gasteiger charge is 2.36. The minimum atomic E-state index is -3.66. The predicted molar refractivity (Wildman–Crippen MR) is 101 cm³/mol. The maximum atomic E-state index is 13.0. The van der Waals surface area contributed by atoms with E-state index in [2.05, 4.69) is 5.32 Å². The van der Waals surface area contributed by atoms with Crippen molar-refractivity contribution < 1.29 is 17.9 Å². The van der Waals surface area contributed by atoms with Gasteiger partial charge in [0.1, 0.15) is 5.75 Å². The molecular formula is C19H22N2O4S. The van der Waals surface area contributed by atoms with Crippen molar-refractivity contribution >= 4 is 21.6 Å². The molecule has 0 spiro atoms. The van der Waals surface area contributed by atoms with Crippen LogP contribution in [0.4, 0.5) is 5.69 Å². The number of sulfonamides is 1. The number of para-hydroxylation sites is 2. The molecule has 0 unspecified atom stereocenters. The van der Waals surface area contributed by atoms with E-state index < -0.39 is 16.1 Å². The second kappa shape index (κ2) is 7.78. The summed E-state index contributed by atoms with van der Waals surface area (Å²) in [7, 11) is -3.66. The summed E-state index contributed by atoms with van der Waals surface area (Å²) in [6, 6.07) is 15.9. The number of rotatable bonds is 6. The van der Waals surface area contributed by atoms with E-state index in [0.29, 0.717) is 23.5 Å². The molecule has 6 nitrogen and oxygen atoms in total. The van der Waals surface area contributed by atoms with Crippen LogP contribution in [0.15, 0.2) is 54.6 Å². The van der Waals surface area contributed by atoms with E-state index >= 15 is 0 Å². The summed E-state index contributed by atoms with van der Waals surface area (Å²) in [6.45, 7) is 2.44. The molecule has 1 heterocycles. The van der Waals surface area contributed by atoms with E-state index in [4.69, 9.17) is 4.74 Å². The Bertz CT molecular complexity index is 868. The van der Waals surface area contributed by atoms with E-state index in [-0.39, 0.29) is 18.2 Å². The molecular weight excluding hydrogens is 352 g/mol. The number of carbonyl (C=O) groups excluding carboxylic acids is 1. The molecule has 0 aliphatic carbocycles. The van der Waals surface area contributed by atoms with Crippen molar-refractivity contribution in [3.8, 4) is 5.75 Å². The highest BCUT2D eigenvalue weighted by molar-refractivity contribution is 7.92. The van der Waals surface area contributed by atoms with Gasteiger partial charge < -0.3 is 10.1 Å². The molecule has 0 saturated heterocycles. The maximum absolute atomic E-state index is 13.0. The number of anilines is 1. The van der Waals surface area contributed by atoms with Crippen LogP contribution in [0, 0.1) is 0 Å². The van der Waals surface area contributed by atoms with Gasteiger partial charge in [0.2, 0.25) is 10.0 Å². The van der Waals surface area contributed by atoms with Crippen molar-refractivity contribution in [3.63, 3.8) is 0 Å². The quantitative estimate of drug-likeness (QED) is 0.842. The molecule has 0 aromatic heterocycles. The van der Waals surface area contributed by atoms with Gasteiger partial charge in [0.05, 0.1) is 18.0 Å². The van der Waals surface area contributed by atoms with Crippen LogP contribution in [0.25, 0.3) is 0 Å². The van der Waals surface area contributed by atoms with Crippen molar-refractivity contribution in [2.45, 2.75) is 25.2 Å². The fourth-order valence-corrected chi connectivity index (χ4v) is 4.41. The number of nitrogens with zero attached hydrogens (tertiary/aromatic N) is 1. The molecule has 1 aliphatic heterocycles. The molecule has 1 atom stereocenters. The highest BCUT2D eigenvalue weighted by atomic mass is 32.2. The molecule has 2 aromatic carbocycles. The van der Waals surface area contributed by atoms with Gasteiger partial charge >= 0.3 is 0 Å². The Hall–Kier alpha value is -2.54. The number of ether oxygens (including phenoxy) is 1. The predicted octanol–water partition coefficient (Wildman–Crippen LogP) is 2.31. The molecule has 1 N–H and O–H groups in total. The van der Waals surface area contributed by atoms with Gasteiger partial charge in [0.25, 0.3) is 5.91 Å². The molecule has 0 saturated carbocycles. The average molecular weight is 374 g/mol. The van der Waals surface area contributed by atoms with Crippen LogP contribution in [0.3, 0.4) is 0 Å². The second-order valence-corrected chi connectivity index (χ2v) is 8.03. The van der Waals surface area contributed by atoms with E-state index in [0.717, 1.165) is 6.42 Å². The first-order chi connectivity index (χ1) is 12.5. The summed E-state index contributed by atoms with van der Waals surface area (Å²) in [4.78, 5) is 12.3. The Kier molecular flexibility index (Phi) is 5.46. The first kappa shape index (κ1) is 18.3. The topological polar surface area (TPSA) is 75.7 Å². The van der Waals surface area contributed by atoms with Gasteiger partial charge in [-0.1, -0.05) is 49.4 Å². The van der Waals surface area contributed by atoms with Crippen LogP contribution >= 0.6 is 0 Å². The minimum absolute atomic E-state index is 0.0400. The zero-order chi connectivity index (χ0) is 18.6. The number of fused-ring (bicyclic) bond motifs is 1. The lowest BCUT2D eigenvalue weighted by atomic mass is 10.2. The summed E-state index contributed by atoms with van der Waals surface area (Å²) in [6.07, 6.45) is -0.0765. The SMILES string of the molecule is CCCNC(=O)[C@H]1CN(S(=O)(=O)Cc2ccccc2)c2ccccc2O1. The standard InChI is InChI=1S/C19H22N2O4S/c1-2-12-20-19(22)18-13-21(16-10-6-7-11-17(16)25-18)26(23,24)14-15-8-4-3-5-9-15/h3-11,18H,2,12-14H2,1H3,(H,20,22)/t18-/m1/s1. The fourth-order valence-electron chi connectivity index (χ4n) is 2.83. The number of amides is 1. The number of carbonyl (C=O) groups is 1. The van der Waals surface area contributed by atoms with Crippen LogP contribution in [-0.2, 0) is 20.6 Å². The average Bonchev–Trinajstić information content (AvgIpc) is 2.65. The van der Waals surface area contributed by atoms with Gasteiger partial charge in [-0.15, -0.1) is 0 Å². The molecule has 1 amide bonds. The highest BCUT2D eigenvalue weighted by Crippen LogP contribution is 2.35. The Morgan fingerprint density at radius 2 is 1.85 bits per heavy atom. The summed E-state index contributed by atoms with van der Waals surface area (Å²) in [5, 5.41) is 2.77. The molecule has 0 bridgehead atoms. The van der Waals surface area contributed by atoms with E-state index in [1.807, 2.05) is 13.0 Å². The van der Waals surface area contributed by atoms with Gasteiger partial charge in [-0.3, -0.25) is 9.10 Å². The summed E-state index contributed by atoms with van der Waals surface area (Å²) < 4.78 is 33.1. The van der Waals surface area contributed by atoms with Gasteiger partial charge in [-0.05, 0) is 24.1 Å². The summed E-state index contributed by atoms with van der Waals surface area (Å²) in [5.74, 6) is -0.0424. The van der Waals surface area contributed by atoms with Gasteiger partial charge in [-0.2, -0.15) is 0 Å². The third-order valence-corrected chi connectivity index (χ3v) is 5.82. The van der Waals surface area contributed by atoms with E-state index in [9.17, 15) is 13.2 Å². The molecule has 0 radical (unpaired) electrons. The zero-order valence-electron chi connectivity index (χ0n) is 14.6. The van der Waals surface area contributed by atoms with Crippen LogP contribution < -0.4 is 14.4 Å². The number of nitrogens with one attached hydrogen (secondary N) is 1. The Labute approximate surface area is 153 Å². The summed E-state index contributed by atoms with van der Waals surface area (Å²) in [5.41, 5.74) is 1.16. The van der Waals surface area contributed by atoms with Gasteiger partial charge in [-0.25, -0.2) is 8.42 Å². The Balaban J connectivity index is 1.90. The number of hydrogen-bond acceptors (Lipinski definition) is 4. The van der Waals surface area contributed by atoms with E-state index in [1.165, 1.54) is 4.31 Å². The summed E-state index contributed by atoms with van der Waals surface area (Å²) >= 11 is 0. The van der Waals surface area contributed by atoms with Crippen molar-refractivity contribution in [2.75, 3.05) is 17.4 Å². The van der Waals surface area contributed by atoms with Crippen molar-refractivity contribution in [1.82, 2.24) is 5.32 Å². The second-order valence-electron chi connectivity index (χ2n) is 6.14. The zero-order valence-corrected chi connectivity index (χ0v) is 15.4. The molecule has 2 aromatic rings. The van der Waals surface area contributed by atoms with Crippen molar-refractivity contribution in [3.05, 3.63) is 60.2 Å². The number of benzene rings is 2. The van der Waals surface area contributed by atoms with Crippen LogP contribution in [0.5, 0.6) is 5.75 Å². The normalized spacial score (nSPS) is 16.5. The first-order valence-electron chi connectivity index (χ1n) is 8.59. The maximum Gasteiger partial charge on any atom is 0.263 e.